The fraction of sp³-hybridized carbons (Fsp3) is 0.297. The number of benzene rings is 4. The first-order chi connectivity index (χ1) is 21.3. The van der Waals surface area contributed by atoms with E-state index < -0.39 is 5.92 Å². The van der Waals surface area contributed by atoms with E-state index in [1.54, 1.807) is 13.0 Å². The number of hydrogen-bond donors (Lipinski definition) is 2. The first-order valence-corrected chi connectivity index (χ1v) is 16.0. The minimum Gasteiger partial charge on any atom is -0.347 e. The Balaban J connectivity index is 1.29. The van der Waals surface area contributed by atoms with Gasteiger partial charge in [0, 0.05) is 20.0 Å². The van der Waals surface area contributed by atoms with Crippen LogP contribution in [0, 0.1) is 0 Å². The third-order valence-electron chi connectivity index (χ3n) is 8.63. The smallest absolute Gasteiger partial charge is 0.228 e. The summed E-state index contributed by atoms with van der Waals surface area (Å²) >= 11 is 12.7. The third kappa shape index (κ3) is 7.89. The van der Waals surface area contributed by atoms with Gasteiger partial charge in [-0.15, -0.1) is 0 Å². The van der Waals surface area contributed by atoms with E-state index in [2.05, 4.69) is 27.7 Å². The molecule has 0 aromatic heterocycles. The molecule has 2 N–H and O–H groups in total. The van der Waals surface area contributed by atoms with E-state index in [0.717, 1.165) is 61.2 Å². The second kappa shape index (κ2) is 14.9. The molecule has 1 heterocycles. The van der Waals surface area contributed by atoms with Crippen molar-refractivity contribution >= 4 is 35.0 Å². The number of nitrogens with zero attached hydrogens (tertiary/aromatic N) is 1. The SMILES string of the molecule is CC(=O)NC1(c2ccccc2)CCN(CCCC(C(=O)NC(c2ccccc2)c2ccccc2)c2ccc(Cl)c(Cl)c2)CC1. The fourth-order valence-electron chi connectivity index (χ4n) is 6.33. The van der Waals surface area contributed by atoms with Gasteiger partial charge < -0.3 is 15.5 Å². The van der Waals surface area contributed by atoms with E-state index in [0.29, 0.717) is 16.5 Å². The van der Waals surface area contributed by atoms with Gasteiger partial charge in [0.05, 0.1) is 27.5 Å². The van der Waals surface area contributed by atoms with Crippen LogP contribution in [0.15, 0.2) is 109 Å². The van der Waals surface area contributed by atoms with E-state index in [1.807, 2.05) is 91.0 Å². The van der Waals surface area contributed by atoms with Gasteiger partial charge in [-0.1, -0.05) is 120 Å². The zero-order valence-electron chi connectivity index (χ0n) is 25.0. The van der Waals surface area contributed by atoms with Crippen molar-refractivity contribution in [3.63, 3.8) is 0 Å². The monoisotopic (exact) mass is 627 g/mol. The van der Waals surface area contributed by atoms with Crippen molar-refractivity contribution in [3.05, 3.63) is 141 Å². The van der Waals surface area contributed by atoms with E-state index >= 15 is 0 Å². The van der Waals surface area contributed by atoms with Gasteiger partial charge in [-0.2, -0.15) is 0 Å². The van der Waals surface area contributed by atoms with Crippen LogP contribution in [0.4, 0.5) is 0 Å². The van der Waals surface area contributed by atoms with E-state index in [1.165, 1.54) is 0 Å². The molecule has 1 unspecified atom stereocenters. The molecule has 0 bridgehead atoms. The summed E-state index contributed by atoms with van der Waals surface area (Å²) in [4.78, 5) is 28.7. The van der Waals surface area contributed by atoms with Crippen molar-refractivity contribution in [1.82, 2.24) is 15.5 Å². The number of carbonyl (C=O) groups excluding carboxylic acids is 2. The van der Waals surface area contributed by atoms with Crippen LogP contribution >= 0.6 is 23.2 Å². The number of rotatable bonds is 11. The molecular weight excluding hydrogens is 589 g/mol. The standard InChI is InChI=1S/C37H39Cl2N3O2/c1-27(43)41-37(31-16-9-4-10-17-31)21-24-42(25-22-37)23-11-18-32(30-19-20-33(38)34(39)26-30)36(44)40-35(28-12-5-2-6-13-28)29-14-7-3-8-15-29/h2-10,12-17,19-20,26,32,35H,11,18,21-25H2,1H3,(H,40,44)(H,41,43). The van der Waals surface area contributed by atoms with Gasteiger partial charge in [-0.05, 0) is 66.6 Å². The normalized spacial score (nSPS) is 15.5. The number of nitrogens with one attached hydrogen (secondary N) is 2. The van der Waals surface area contributed by atoms with Gasteiger partial charge in [0.15, 0.2) is 0 Å². The predicted octanol–water partition coefficient (Wildman–Crippen LogP) is 7.89. The lowest BCUT2D eigenvalue weighted by Gasteiger charge is -2.42. The van der Waals surface area contributed by atoms with Crippen molar-refractivity contribution in [2.45, 2.75) is 50.1 Å². The average molecular weight is 629 g/mol. The molecule has 5 rings (SSSR count). The molecule has 2 amide bonds. The van der Waals surface area contributed by atoms with E-state index in [-0.39, 0.29) is 23.4 Å². The maximum Gasteiger partial charge on any atom is 0.228 e. The second-order valence-corrected chi connectivity index (χ2v) is 12.4. The highest BCUT2D eigenvalue weighted by Gasteiger charge is 2.37. The highest BCUT2D eigenvalue weighted by Crippen LogP contribution is 2.34. The van der Waals surface area contributed by atoms with Crippen LogP contribution in [0.25, 0.3) is 0 Å². The van der Waals surface area contributed by atoms with Gasteiger partial charge >= 0.3 is 0 Å². The Bertz CT molecular complexity index is 1490. The fourth-order valence-corrected chi connectivity index (χ4v) is 6.64. The summed E-state index contributed by atoms with van der Waals surface area (Å²) in [5, 5.41) is 7.51. The maximum absolute atomic E-state index is 14.1. The van der Waals surface area contributed by atoms with E-state index in [9.17, 15) is 9.59 Å². The lowest BCUT2D eigenvalue weighted by molar-refractivity contribution is -0.123. The quantitative estimate of drug-likeness (QED) is 0.178. The summed E-state index contributed by atoms with van der Waals surface area (Å²) in [7, 11) is 0. The first-order valence-electron chi connectivity index (χ1n) is 15.3. The Kier molecular flexibility index (Phi) is 10.8. The van der Waals surface area contributed by atoms with E-state index in [4.69, 9.17) is 23.2 Å². The predicted molar refractivity (Wildman–Crippen MR) is 179 cm³/mol. The van der Waals surface area contributed by atoms with Crippen LogP contribution in [0.3, 0.4) is 0 Å². The minimum absolute atomic E-state index is 0.0120. The van der Waals surface area contributed by atoms with Crippen molar-refractivity contribution < 1.29 is 9.59 Å². The molecule has 0 radical (unpaired) electrons. The molecule has 0 saturated carbocycles. The molecule has 1 aliphatic rings. The third-order valence-corrected chi connectivity index (χ3v) is 9.37. The molecule has 7 heteroatoms. The summed E-state index contributed by atoms with van der Waals surface area (Å²) < 4.78 is 0. The van der Waals surface area contributed by atoms with Crippen LogP contribution in [-0.2, 0) is 15.1 Å². The second-order valence-electron chi connectivity index (χ2n) is 11.6. The average Bonchev–Trinajstić information content (AvgIpc) is 3.05. The number of piperidine rings is 1. The van der Waals surface area contributed by atoms with Gasteiger partial charge in [0.25, 0.3) is 0 Å². The number of carbonyl (C=O) groups is 2. The molecule has 0 spiro atoms. The van der Waals surface area contributed by atoms with Gasteiger partial charge in [-0.25, -0.2) is 0 Å². The maximum atomic E-state index is 14.1. The number of amides is 2. The summed E-state index contributed by atoms with van der Waals surface area (Å²) in [6, 6.07) is 35.5. The molecule has 4 aromatic carbocycles. The summed E-state index contributed by atoms with van der Waals surface area (Å²) in [5.41, 5.74) is 3.70. The van der Waals surface area contributed by atoms with Crippen LogP contribution in [-0.4, -0.2) is 36.3 Å². The number of likely N-dealkylation sites (tertiary alicyclic amines) is 1. The minimum atomic E-state index is -0.396. The Morgan fingerprint density at radius 3 is 1.89 bits per heavy atom. The van der Waals surface area contributed by atoms with Crippen molar-refractivity contribution in [1.29, 1.82) is 0 Å². The van der Waals surface area contributed by atoms with Crippen molar-refractivity contribution in [3.8, 4) is 0 Å². The van der Waals surface area contributed by atoms with Crippen LogP contribution in [0.2, 0.25) is 10.0 Å². The largest absolute Gasteiger partial charge is 0.347 e. The van der Waals surface area contributed by atoms with Crippen LogP contribution < -0.4 is 10.6 Å². The Labute approximate surface area is 270 Å². The molecule has 228 valence electrons. The van der Waals surface area contributed by atoms with Crippen molar-refractivity contribution in [2.24, 2.45) is 0 Å². The zero-order chi connectivity index (χ0) is 30.9. The van der Waals surface area contributed by atoms with Gasteiger partial charge in [0.1, 0.15) is 0 Å². The lowest BCUT2D eigenvalue weighted by atomic mass is 9.80. The van der Waals surface area contributed by atoms with Gasteiger partial charge in [0.2, 0.25) is 11.8 Å². The Morgan fingerprint density at radius 2 is 1.34 bits per heavy atom. The highest BCUT2D eigenvalue weighted by molar-refractivity contribution is 6.42. The molecule has 1 aliphatic heterocycles. The zero-order valence-corrected chi connectivity index (χ0v) is 26.5. The molecule has 4 aromatic rings. The topological polar surface area (TPSA) is 61.4 Å². The summed E-state index contributed by atoms with van der Waals surface area (Å²) in [5.74, 6) is -0.456. The van der Waals surface area contributed by atoms with Crippen LogP contribution in [0.1, 0.15) is 66.8 Å². The number of hydrogen-bond acceptors (Lipinski definition) is 3. The molecule has 1 saturated heterocycles. The van der Waals surface area contributed by atoms with Crippen LogP contribution in [0.5, 0.6) is 0 Å². The van der Waals surface area contributed by atoms with Crippen molar-refractivity contribution in [2.75, 3.05) is 19.6 Å². The van der Waals surface area contributed by atoms with Gasteiger partial charge in [-0.3, -0.25) is 9.59 Å². The summed E-state index contributed by atoms with van der Waals surface area (Å²) in [6.07, 6.45) is 3.16. The molecule has 44 heavy (non-hydrogen) atoms. The Morgan fingerprint density at radius 1 is 0.773 bits per heavy atom. The molecule has 1 atom stereocenters. The molecule has 0 aliphatic carbocycles. The lowest BCUT2D eigenvalue weighted by Crippen LogP contribution is -2.52. The highest BCUT2D eigenvalue weighted by atomic mass is 35.5. The molecular formula is C37H39Cl2N3O2. The Hall–Kier alpha value is -3.64. The molecule has 1 fully saturated rings. The number of halogens is 2. The molecule has 5 nitrogen and oxygen atoms in total. The first kappa shape index (κ1) is 31.8. The summed E-state index contributed by atoms with van der Waals surface area (Å²) in [6.45, 7) is 4.17.